The largest absolute Gasteiger partial charge is 0.364 e. The molecule has 0 amide bonds. The van der Waals surface area contributed by atoms with E-state index in [0.717, 1.165) is 33.9 Å². The standard InChI is InChI=1S/C13H16N6OS/c1-3-9-5-10-11(15-6-8-4-7(2)20-19-8)16-13(18-14)17-12(10)21-9/h4-5H,3,6,14H2,1-2H3,(H2,15,16,17,18). The Labute approximate surface area is 125 Å². The summed E-state index contributed by atoms with van der Waals surface area (Å²) in [5, 5.41) is 8.22. The molecule has 0 aliphatic rings. The van der Waals surface area contributed by atoms with Crippen LogP contribution in [0.15, 0.2) is 16.7 Å². The van der Waals surface area contributed by atoms with Gasteiger partial charge in [0.05, 0.1) is 11.9 Å². The van der Waals surface area contributed by atoms with E-state index in [9.17, 15) is 0 Å². The molecule has 7 nitrogen and oxygen atoms in total. The van der Waals surface area contributed by atoms with E-state index in [-0.39, 0.29) is 0 Å². The maximum absolute atomic E-state index is 5.43. The minimum absolute atomic E-state index is 0.394. The SMILES string of the molecule is CCc1cc2c(NCc3cc(C)on3)nc(NN)nc2s1. The maximum atomic E-state index is 5.43. The van der Waals surface area contributed by atoms with Gasteiger partial charge in [0.2, 0.25) is 5.95 Å². The molecule has 0 fully saturated rings. The number of rotatable bonds is 5. The van der Waals surface area contributed by atoms with Gasteiger partial charge in [-0.05, 0) is 19.4 Å². The molecule has 21 heavy (non-hydrogen) atoms. The summed E-state index contributed by atoms with van der Waals surface area (Å²) in [5.74, 6) is 7.35. The molecule has 0 atom stereocenters. The van der Waals surface area contributed by atoms with Crippen LogP contribution in [-0.2, 0) is 13.0 Å². The fourth-order valence-electron chi connectivity index (χ4n) is 2.02. The van der Waals surface area contributed by atoms with Crippen molar-refractivity contribution < 1.29 is 4.52 Å². The van der Waals surface area contributed by atoms with E-state index < -0.39 is 0 Å². The van der Waals surface area contributed by atoms with E-state index >= 15 is 0 Å². The van der Waals surface area contributed by atoms with Crippen LogP contribution >= 0.6 is 11.3 Å². The van der Waals surface area contributed by atoms with Crippen molar-refractivity contribution in [3.05, 3.63) is 28.5 Å². The molecule has 0 bridgehead atoms. The lowest BCUT2D eigenvalue weighted by atomic mass is 10.3. The summed E-state index contributed by atoms with van der Waals surface area (Å²) in [5.41, 5.74) is 3.33. The van der Waals surface area contributed by atoms with Crippen molar-refractivity contribution in [1.29, 1.82) is 0 Å². The number of aryl methyl sites for hydroxylation is 2. The molecule has 0 aliphatic heterocycles. The summed E-state index contributed by atoms with van der Waals surface area (Å²) >= 11 is 1.65. The van der Waals surface area contributed by atoms with Gasteiger partial charge in [0, 0.05) is 10.9 Å². The second-order valence-electron chi connectivity index (χ2n) is 4.61. The van der Waals surface area contributed by atoms with Gasteiger partial charge in [0.1, 0.15) is 22.1 Å². The Balaban J connectivity index is 1.93. The number of nitrogen functional groups attached to an aromatic ring is 1. The third kappa shape index (κ3) is 2.81. The monoisotopic (exact) mass is 304 g/mol. The van der Waals surface area contributed by atoms with Crippen LogP contribution in [-0.4, -0.2) is 15.1 Å². The molecule has 4 N–H and O–H groups in total. The Kier molecular flexibility index (Phi) is 3.72. The number of fused-ring (bicyclic) bond motifs is 1. The Morgan fingerprint density at radius 2 is 2.19 bits per heavy atom. The first-order valence-electron chi connectivity index (χ1n) is 6.62. The Bertz CT molecular complexity index is 765. The fourth-order valence-corrected chi connectivity index (χ4v) is 2.99. The van der Waals surface area contributed by atoms with Gasteiger partial charge in [-0.2, -0.15) is 4.98 Å². The number of nitrogens with zero attached hydrogens (tertiary/aromatic N) is 3. The van der Waals surface area contributed by atoms with E-state index in [2.05, 4.69) is 38.9 Å². The molecular weight excluding hydrogens is 288 g/mol. The third-order valence-corrected chi connectivity index (χ3v) is 4.21. The van der Waals surface area contributed by atoms with Crippen molar-refractivity contribution >= 4 is 33.3 Å². The normalized spacial score (nSPS) is 11.0. The lowest BCUT2D eigenvalue weighted by Gasteiger charge is -2.06. The Hall–Kier alpha value is -2.19. The number of hydrazine groups is 1. The van der Waals surface area contributed by atoms with E-state index in [4.69, 9.17) is 10.4 Å². The summed E-state index contributed by atoms with van der Waals surface area (Å²) in [4.78, 5) is 10.9. The molecule has 0 spiro atoms. The molecule has 3 aromatic rings. The smallest absolute Gasteiger partial charge is 0.240 e. The van der Waals surface area contributed by atoms with Crippen LogP contribution in [0.4, 0.5) is 11.8 Å². The first kappa shape index (κ1) is 13.8. The molecule has 0 radical (unpaired) electrons. The van der Waals surface area contributed by atoms with Crippen LogP contribution in [0.1, 0.15) is 23.3 Å². The highest BCUT2D eigenvalue weighted by Crippen LogP contribution is 2.30. The quantitative estimate of drug-likeness (QED) is 0.491. The fraction of sp³-hybridized carbons (Fsp3) is 0.308. The van der Waals surface area contributed by atoms with Gasteiger partial charge in [-0.15, -0.1) is 11.3 Å². The highest BCUT2D eigenvalue weighted by molar-refractivity contribution is 7.18. The zero-order valence-electron chi connectivity index (χ0n) is 11.8. The van der Waals surface area contributed by atoms with E-state index in [0.29, 0.717) is 12.5 Å². The topological polar surface area (TPSA) is 102 Å². The van der Waals surface area contributed by atoms with Gasteiger partial charge < -0.3 is 9.84 Å². The third-order valence-electron chi connectivity index (χ3n) is 3.04. The number of thiophene rings is 1. The lowest BCUT2D eigenvalue weighted by molar-refractivity contribution is 0.391. The first-order valence-corrected chi connectivity index (χ1v) is 7.44. The van der Waals surface area contributed by atoms with Gasteiger partial charge in [-0.1, -0.05) is 12.1 Å². The van der Waals surface area contributed by atoms with E-state index in [1.807, 2.05) is 13.0 Å². The number of aromatic nitrogens is 3. The molecule has 3 heterocycles. The molecule has 8 heteroatoms. The summed E-state index contributed by atoms with van der Waals surface area (Å²) in [6.07, 6.45) is 0.967. The lowest BCUT2D eigenvalue weighted by Crippen LogP contribution is -2.12. The summed E-state index contributed by atoms with van der Waals surface area (Å²) in [7, 11) is 0. The molecule has 110 valence electrons. The average Bonchev–Trinajstić information content (AvgIpc) is 3.10. The van der Waals surface area contributed by atoms with E-state index in [1.165, 1.54) is 4.88 Å². The minimum Gasteiger partial charge on any atom is -0.364 e. The van der Waals surface area contributed by atoms with Crippen molar-refractivity contribution in [3.63, 3.8) is 0 Å². The van der Waals surface area contributed by atoms with Crippen molar-refractivity contribution in [2.24, 2.45) is 5.84 Å². The molecule has 3 rings (SSSR count). The van der Waals surface area contributed by atoms with Crippen molar-refractivity contribution in [2.75, 3.05) is 10.7 Å². The highest BCUT2D eigenvalue weighted by Gasteiger charge is 2.11. The summed E-state index contributed by atoms with van der Waals surface area (Å²) in [6, 6.07) is 4.00. The summed E-state index contributed by atoms with van der Waals surface area (Å²) < 4.78 is 5.05. The number of nitrogens with one attached hydrogen (secondary N) is 2. The number of hydrogen-bond acceptors (Lipinski definition) is 8. The Morgan fingerprint density at radius 1 is 1.33 bits per heavy atom. The number of hydrogen-bond donors (Lipinski definition) is 3. The van der Waals surface area contributed by atoms with Gasteiger partial charge in [0.25, 0.3) is 0 Å². The van der Waals surface area contributed by atoms with Crippen LogP contribution in [0.25, 0.3) is 10.2 Å². The molecule has 0 aliphatic carbocycles. The molecule has 0 unspecified atom stereocenters. The molecule has 0 aromatic carbocycles. The molecule has 3 aromatic heterocycles. The molecule has 0 saturated carbocycles. The maximum Gasteiger partial charge on any atom is 0.240 e. The van der Waals surface area contributed by atoms with Crippen molar-refractivity contribution in [3.8, 4) is 0 Å². The van der Waals surface area contributed by atoms with Crippen LogP contribution in [0.5, 0.6) is 0 Å². The van der Waals surface area contributed by atoms with Gasteiger partial charge >= 0.3 is 0 Å². The van der Waals surface area contributed by atoms with E-state index in [1.54, 1.807) is 11.3 Å². The first-order chi connectivity index (χ1) is 10.2. The van der Waals surface area contributed by atoms with Crippen molar-refractivity contribution in [1.82, 2.24) is 15.1 Å². The summed E-state index contributed by atoms with van der Waals surface area (Å²) in [6.45, 7) is 4.51. The van der Waals surface area contributed by atoms with Crippen molar-refractivity contribution in [2.45, 2.75) is 26.8 Å². The molecule has 0 saturated heterocycles. The van der Waals surface area contributed by atoms with Crippen LogP contribution in [0, 0.1) is 6.92 Å². The second-order valence-corrected chi connectivity index (χ2v) is 5.72. The zero-order valence-corrected chi connectivity index (χ0v) is 12.6. The van der Waals surface area contributed by atoms with Gasteiger partial charge in [0.15, 0.2) is 0 Å². The second kappa shape index (κ2) is 5.66. The van der Waals surface area contributed by atoms with Gasteiger partial charge in [-0.3, -0.25) is 5.43 Å². The van der Waals surface area contributed by atoms with Crippen LogP contribution in [0.3, 0.4) is 0 Å². The molecular formula is C13H16N6OS. The number of anilines is 2. The predicted octanol–water partition coefficient (Wildman–Crippen LogP) is 2.45. The van der Waals surface area contributed by atoms with Gasteiger partial charge in [-0.25, -0.2) is 10.8 Å². The Morgan fingerprint density at radius 3 is 2.86 bits per heavy atom. The minimum atomic E-state index is 0.394. The number of nitrogens with two attached hydrogens (primary N) is 1. The van der Waals surface area contributed by atoms with Crippen LogP contribution in [0.2, 0.25) is 0 Å². The highest BCUT2D eigenvalue weighted by atomic mass is 32.1. The zero-order chi connectivity index (χ0) is 14.8. The average molecular weight is 304 g/mol. The van der Waals surface area contributed by atoms with Crippen LogP contribution < -0.4 is 16.6 Å². The predicted molar refractivity (Wildman–Crippen MR) is 83.2 cm³/mol.